The molecule has 0 bridgehead atoms. The van der Waals surface area contributed by atoms with Gasteiger partial charge in [-0.15, -0.1) is 0 Å². The van der Waals surface area contributed by atoms with Gasteiger partial charge >= 0.3 is 6.18 Å². The molecule has 0 heterocycles. The van der Waals surface area contributed by atoms with Crippen molar-refractivity contribution in [1.29, 1.82) is 0 Å². The van der Waals surface area contributed by atoms with E-state index in [1.807, 2.05) is 0 Å². The molecule has 1 aromatic rings. The van der Waals surface area contributed by atoms with Crippen LogP contribution in [0, 0.1) is 5.82 Å². The predicted molar refractivity (Wildman–Crippen MR) is 143 cm³/mol. The first-order valence-electron chi connectivity index (χ1n) is 14.0. The van der Waals surface area contributed by atoms with Gasteiger partial charge in [0, 0.05) is 58.0 Å². The molecule has 1 N–H and O–H groups in total. The monoisotopic (exact) mass is 559 g/mol. The number of rotatable bonds is 23. The molecule has 1 aromatic carbocycles. The van der Waals surface area contributed by atoms with Gasteiger partial charge in [-0.05, 0) is 30.2 Å². The summed E-state index contributed by atoms with van der Waals surface area (Å²) in [6.45, 7) is 2.41. The van der Waals surface area contributed by atoms with Crippen molar-refractivity contribution in [2.75, 3.05) is 19.8 Å². The Hall–Kier alpha value is 0.456. The molecule has 3 nitrogen and oxygen atoms in total. The van der Waals surface area contributed by atoms with Crippen LogP contribution < -0.4 is 0 Å². The number of unbranched alkanes of at least 4 members (excludes halogenated alkanes) is 15. The molecule has 1 atom stereocenters. The van der Waals surface area contributed by atoms with Gasteiger partial charge in [0.15, 0.2) is 0 Å². The van der Waals surface area contributed by atoms with Gasteiger partial charge in [0.05, 0.1) is 25.4 Å². The van der Waals surface area contributed by atoms with Gasteiger partial charge in [-0.25, -0.2) is 4.39 Å². The molecule has 0 aliphatic heterocycles. The summed E-state index contributed by atoms with van der Waals surface area (Å²) in [5.74, 6) is -0.969. The zero-order valence-electron chi connectivity index (χ0n) is 23.2. The minimum atomic E-state index is -4.62. The summed E-state index contributed by atoms with van der Waals surface area (Å²) in [4.78, 5) is 0. The molecule has 0 amide bonds. The van der Waals surface area contributed by atoms with E-state index in [-0.39, 0.29) is 76.8 Å². The van der Waals surface area contributed by atoms with E-state index in [9.17, 15) is 22.7 Å². The molecule has 0 unspecified atom stereocenters. The van der Waals surface area contributed by atoms with Crippen molar-refractivity contribution in [2.45, 2.75) is 129 Å². The van der Waals surface area contributed by atoms with E-state index in [0.717, 1.165) is 25.0 Å². The minimum Gasteiger partial charge on any atom is -0.394 e. The van der Waals surface area contributed by atoms with Crippen LogP contribution in [0.15, 0.2) is 18.2 Å². The summed E-state index contributed by atoms with van der Waals surface area (Å²) in [6.07, 6.45) is 15.5. The second-order valence-corrected chi connectivity index (χ2v) is 9.84. The third-order valence-corrected chi connectivity index (χ3v) is 6.42. The number of ether oxygens (including phenoxy) is 2. The van der Waals surface area contributed by atoms with E-state index in [4.69, 9.17) is 9.47 Å². The minimum absolute atomic E-state index is 0. The summed E-state index contributed by atoms with van der Waals surface area (Å²) in [7, 11) is 0. The van der Waals surface area contributed by atoms with Crippen LogP contribution in [0.3, 0.4) is 0 Å². The van der Waals surface area contributed by atoms with E-state index in [1.165, 1.54) is 89.9 Å². The van der Waals surface area contributed by atoms with E-state index < -0.39 is 23.7 Å². The van der Waals surface area contributed by atoms with Crippen molar-refractivity contribution in [2.24, 2.45) is 0 Å². The van der Waals surface area contributed by atoms with Crippen molar-refractivity contribution in [3.63, 3.8) is 0 Å². The summed E-state index contributed by atoms with van der Waals surface area (Å²) >= 11 is 0. The van der Waals surface area contributed by atoms with Gasteiger partial charge in [-0.2, -0.15) is 13.2 Å². The molecule has 1 radical (unpaired) electrons. The van der Waals surface area contributed by atoms with Crippen molar-refractivity contribution in [3.05, 3.63) is 35.1 Å². The van der Waals surface area contributed by atoms with Crippen molar-refractivity contribution >= 4 is 51.4 Å². The smallest absolute Gasteiger partial charge is 0.394 e. The maximum atomic E-state index is 13.5. The van der Waals surface area contributed by atoms with E-state index in [1.54, 1.807) is 0 Å². The largest absolute Gasteiger partial charge is 0.416 e. The molecule has 0 saturated heterocycles. The van der Waals surface area contributed by atoms with Gasteiger partial charge < -0.3 is 14.6 Å². The fourth-order valence-electron chi connectivity index (χ4n) is 4.23. The van der Waals surface area contributed by atoms with Crippen LogP contribution >= 0.6 is 0 Å². The number of aliphatic hydroxyl groups is 1. The Morgan fingerprint density at radius 2 is 1.24 bits per heavy atom. The van der Waals surface area contributed by atoms with Gasteiger partial charge in [0.1, 0.15) is 11.9 Å². The molecule has 0 saturated carbocycles. The Kier molecular flexibility index (Phi) is 24.6. The topological polar surface area (TPSA) is 38.7 Å². The first-order chi connectivity index (χ1) is 17.4. The number of hydrogen-bond acceptors (Lipinski definition) is 3. The van der Waals surface area contributed by atoms with Crippen LogP contribution in [0.25, 0.3) is 0 Å². The standard InChI is InChI=1S/C29H48F4O3.K/c1-2-3-4-5-6-7-8-9-10-11-12-13-14-15-16-17-18-35-24-28(22-34)36-23-25-19-26(29(31,32)33)21-27(30)20-25;/h19-21,28,34H,2-18,22-24H2,1H3;/t28-;/m0./s1. The second-order valence-electron chi connectivity index (χ2n) is 9.84. The van der Waals surface area contributed by atoms with Crippen molar-refractivity contribution in [1.82, 2.24) is 0 Å². The molecule has 1 rings (SSSR count). The summed E-state index contributed by atoms with van der Waals surface area (Å²) in [6, 6.07) is 2.31. The fourth-order valence-corrected chi connectivity index (χ4v) is 4.23. The molecular weight excluding hydrogens is 511 g/mol. The fraction of sp³-hybridized carbons (Fsp3) is 0.793. The summed E-state index contributed by atoms with van der Waals surface area (Å²) in [5, 5.41) is 9.43. The molecule has 0 aliphatic rings. The van der Waals surface area contributed by atoms with Crippen LogP contribution in [-0.2, 0) is 22.3 Å². The Morgan fingerprint density at radius 1 is 0.757 bits per heavy atom. The van der Waals surface area contributed by atoms with E-state index in [0.29, 0.717) is 12.7 Å². The van der Waals surface area contributed by atoms with Crippen LogP contribution in [0.2, 0.25) is 0 Å². The molecule has 0 aliphatic carbocycles. The van der Waals surface area contributed by atoms with E-state index in [2.05, 4.69) is 6.92 Å². The quantitative estimate of drug-likeness (QED) is 0.0829. The zero-order chi connectivity index (χ0) is 26.5. The van der Waals surface area contributed by atoms with Gasteiger partial charge in [0.25, 0.3) is 0 Å². The van der Waals surface area contributed by atoms with Crippen molar-refractivity contribution < 1.29 is 32.1 Å². The molecule has 211 valence electrons. The van der Waals surface area contributed by atoms with Gasteiger partial charge in [-0.1, -0.05) is 103 Å². The van der Waals surface area contributed by atoms with Crippen LogP contribution in [0.4, 0.5) is 17.6 Å². The van der Waals surface area contributed by atoms with Crippen LogP contribution in [0.1, 0.15) is 121 Å². The predicted octanol–water partition coefficient (Wildman–Crippen LogP) is 8.62. The van der Waals surface area contributed by atoms with Gasteiger partial charge in [0.2, 0.25) is 0 Å². The normalized spacial score (nSPS) is 12.5. The summed E-state index contributed by atoms with van der Waals surface area (Å²) in [5.41, 5.74) is -0.986. The number of aliphatic hydroxyl groups excluding tert-OH is 1. The maximum absolute atomic E-state index is 13.5. The number of benzene rings is 1. The third kappa shape index (κ3) is 20.9. The molecule has 0 aromatic heterocycles. The maximum Gasteiger partial charge on any atom is 0.416 e. The first-order valence-corrected chi connectivity index (χ1v) is 14.0. The Balaban J connectivity index is 0.0000130. The Morgan fingerprint density at radius 3 is 1.70 bits per heavy atom. The Labute approximate surface area is 264 Å². The average Bonchev–Trinajstić information content (AvgIpc) is 2.84. The van der Waals surface area contributed by atoms with E-state index >= 15 is 0 Å². The SMILES string of the molecule is CCCCCCCCCCCCCCCCCCOC[C@H](CO)OCc1cc(F)cc(C(F)(F)F)c1.[K]. The van der Waals surface area contributed by atoms with Gasteiger partial charge in [-0.3, -0.25) is 0 Å². The second kappa shape index (κ2) is 24.3. The first kappa shape index (κ1) is 37.5. The molecular formula is C29H48F4KO3. The molecule has 8 heteroatoms. The third-order valence-electron chi connectivity index (χ3n) is 6.42. The number of halogens is 4. The number of alkyl halides is 3. The Bertz CT molecular complexity index is 659. The average molecular weight is 560 g/mol. The van der Waals surface area contributed by atoms with Crippen molar-refractivity contribution in [3.8, 4) is 0 Å². The number of hydrogen-bond donors (Lipinski definition) is 1. The molecule has 37 heavy (non-hydrogen) atoms. The molecule has 0 spiro atoms. The van der Waals surface area contributed by atoms with Crippen LogP contribution in [0.5, 0.6) is 0 Å². The summed E-state index contributed by atoms with van der Waals surface area (Å²) < 4.78 is 62.9. The molecule has 0 fully saturated rings. The van der Waals surface area contributed by atoms with Crippen LogP contribution in [-0.4, -0.2) is 82.4 Å². The zero-order valence-corrected chi connectivity index (χ0v) is 26.4.